The van der Waals surface area contributed by atoms with Gasteiger partial charge in [0.25, 0.3) is 5.56 Å². The summed E-state index contributed by atoms with van der Waals surface area (Å²) in [5, 5.41) is 0. The summed E-state index contributed by atoms with van der Waals surface area (Å²) in [5.41, 5.74) is 4.99. The van der Waals surface area contributed by atoms with Crippen LogP contribution in [0.3, 0.4) is 0 Å². The van der Waals surface area contributed by atoms with Gasteiger partial charge in [-0.2, -0.15) is 0 Å². The van der Waals surface area contributed by atoms with Gasteiger partial charge in [-0.3, -0.25) is 20.0 Å². The number of carbonyl (C=O) groups is 2. The SMILES string of the molecule is CCc1nc(-c2ccncc2)c(C(C)=O)n(Nc2ccc(C(=O)OC)cc2)c1=O. The molecule has 0 unspecified atom stereocenters. The summed E-state index contributed by atoms with van der Waals surface area (Å²) in [6.45, 7) is 3.20. The number of aromatic nitrogens is 3. The molecule has 3 rings (SSSR count). The molecule has 2 aromatic heterocycles. The molecule has 0 spiro atoms. The molecule has 0 aliphatic carbocycles. The van der Waals surface area contributed by atoms with Crippen LogP contribution in [0.5, 0.6) is 0 Å². The van der Waals surface area contributed by atoms with Gasteiger partial charge >= 0.3 is 5.97 Å². The van der Waals surface area contributed by atoms with E-state index in [1.54, 1.807) is 48.8 Å². The maximum atomic E-state index is 12.9. The molecule has 8 nitrogen and oxygen atoms in total. The van der Waals surface area contributed by atoms with Crippen molar-refractivity contribution in [2.24, 2.45) is 0 Å². The third-order valence-corrected chi connectivity index (χ3v) is 4.31. The second-order valence-electron chi connectivity index (χ2n) is 6.22. The van der Waals surface area contributed by atoms with Crippen LogP contribution in [0.1, 0.15) is 40.4 Å². The highest BCUT2D eigenvalue weighted by atomic mass is 16.5. The minimum absolute atomic E-state index is 0.135. The second kappa shape index (κ2) is 8.47. The fourth-order valence-electron chi connectivity index (χ4n) is 2.87. The van der Waals surface area contributed by atoms with Gasteiger partial charge in [-0.05, 0) is 42.8 Å². The lowest BCUT2D eigenvalue weighted by Crippen LogP contribution is -2.35. The fraction of sp³-hybridized carbons (Fsp3) is 0.190. The third kappa shape index (κ3) is 4.06. The van der Waals surface area contributed by atoms with Gasteiger partial charge in [-0.15, -0.1) is 0 Å². The molecule has 0 radical (unpaired) electrons. The summed E-state index contributed by atoms with van der Waals surface area (Å²) in [6.07, 6.45) is 3.60. The highest BCUT2D eigenvalue weighted by molar-refractivity contribution is 5.98. The zero-order valence-electron chi connectivity index (χ0n) is 16.3. The van der Waals surface area contributed by atoms with Gasteiger partial charge < -0.3 is 4.74 Å². The minimum Gasteiger partial charge on any atom is -0.465 e. The van der Waals surface area contributed by atoms with Crippen LogP contribution in [-0.2, 0) is 11.2 Å². The topological polar surface area (TPSA) is 103 Å². The highest BCUT2D eigenvalue weighted by Crippen LogP contribution is 2.21. The number of ketones is 1. The Morgan fingerprint density at radius 2 is 1.76 bits per heavy atom. The lowest BCUT2D eigenvalue weighted by molar-refractivity contribution is 0.0600. The van der Waals surface area contributed by atoms with E-state index in [4.69, 9.17) is 0 Å². The number of nitrogens with one attached hydrogen (secondary N) is 1. The van der Waals surface area contributed by atoms with Crippen molar-refractivity contribution in [1.82, 2.24) is 14.6 Å². The molecular formula is C21H20N4O4. The molecule has 148 valence electrons. The fourth-order valence-corrected chi connectivity index (χ4v) is 2.87. The van der Waals surface area contributed by atoms with Gasteiger partial charge in [0, 0.05) is 24.9 Å². The van der Waals surface area contributed by atoms with Gasteiger partial charge in [0.2, 0.25) is 0 Å². The van der Waals surface area contributed by atoms with Crippen LogP contribution in [0, 0.1) is 0 Å². The van der Waals surface area contributed by atoms with Crippen molar-refractivity contribution < 1.29 is 14.3 Å². The number of carbonyl (C=O) groups excluding carboxylic acids is 2. The van der Waals surface area contributed by atoms with E-state index in [1.807, 2.05) is 6.92 Å². The first-order valence-corrected chi connectivity index (χ1v) is 8.99. The zero-order chi connectivity index (χ0) is 21.0. The van der Waals surface area contributed by atoms with E-state index in [-0.39, 0.29) is 11.5 Å². The summed E-state index contributed by atoms with van der Waals surface area (Å²) in [5.74, 6) is -0.780. The lowest BCUT2D eigenvalue weighted by Gasteiger charge is -2.18. The molecule has 0 aliphatic heterocycles. The predicted molar refractivity (Wildman–Crippen MR) is 108 cm³/mol. The Morgan fingerprint density at radius 3 is 2.31 bits per heavy atom. The van der Waals surface area contributed by atoms with Crippen LogP contribution in [0.15, 0.2) is 53.6 Å². The number of rotatable bonds is 6. The Morgan fingerprint density at radius 1 is 1.10 bits per heavy atom. The molecular weight excluding hydrogens is 372 g/mol. The smallest absolute Gasteiger partial charge is 0.337 e. The molecule has 1 aromatic carbocycles. The van der Waals surface area contributed by atoms with Crippen LogP contribution in [0.2, 0.25) is 0 Å². The van der Waals surface area contributed by atoms with Crippen molar-refractivity contribution in [3.8, 4) is 11.3 Å². The molecule has 2 heterocycles. The number of ether oxygens (including phenoxy) is 1. The Labute approximate surface area is 167 Å². The Kier molecular flexibility index (Phi) is 5.82. The predicted octanol–water partition coefficient (Wildman–Crippen LogP) is 2.73. The van der Waals surface area contributed by atoms with E-state index in [9.17, 15) is 14.4 Å². The van der Waals surface area contributed by atoms with Gasteiger partial charge in [-0.1, -0.05) is 6.92 Å². The van der Waals surface area contributed by atoms with E-state index in [0.717, 1.165) is 0 Å². The van der Waals surface area contributed by atoms with E-state index in [1.165, 1.54) is 18.7 Å². The molecule has 3 aromatic rings. The number of esters is 1. The molecule has 0 saturated carbocycles. The summed E-state index contributed by atoms with van der Waals surface area (Å²) < 4.78 is 5.89. The first-order chi connectivity index (χ1) is 14.0. The summed E-state index contributed by atoms with van der Waals surface area (Å²) in [6, 6.07) is 9.85. The number of benzene rings is 1. The van der Waals surface area contributed by atoms with Gasteiger partial charge in [-0.25, -0.2) is 14.5 Å². The molecule has 1 N–H and O–H groups in total. The largest absolute Gasteiger partial charge is 0.465 e. The maximum absolute atomic E-state index is 12.9. The maximum Gasteiger partial charge on any atom is 0.337 e. The van der Waals surface area contributed by atoms with Crippen LogP contribution < -0.4 is 11.0 Å². The van der Waals surface area contributed by atoms with Crippen LogP contribution in [0.25, 0.3) is 11.3 Å². The van der Waals surface area contributed by atoms with Gasteiger partial charge in [0.1, 0.15) is 17.1 Å². The van der Waals surface area contributed by atoms with E-state index in [2.05, 4.69) is 20.1 Å². The summed E-state index contributed by atoms with van der Waals surface area (Å²) in [4.78, 5) is 45.5. The zero-order valence-corrected chi connectivity index (χ0v) is 16.3. The summed E-state index contributed by atoms with van der Waals surface area (Å²) in [7, 11) is 1.30. The van der Waals surface area contributed by atoms with Crippen molar-refractivity contribution in [2.75, 3.05) is 12.5 Å². The Balaban J connectivity index is 2.15. The van der Waals surface area contributed by atoms with Gasteiger partial charge in [0.05, 0.1) is 18.4 Å². The van der Waals surface area contributed by atoms with Crippen molar-refractivity contribution in [3.05, 3.63) is 76.1 Å². The second-order valence-corrected chi connectivity index (χ2v) is 6.22. The average Bonchev–Trinajstić information content (AvgIpc) is 2.75. The number of aryl methyl sites for hydroxylation is 1. The van der Waals surface area contributed by atoms with Crippen molar-refractivity contribution in [1.29, 1.82) is 0 Å². The van der Waals surface area contributed by atoms with Crippen molar-refractivity contribution in [2.45, 2.75) is 20.3 Å². The monoisotopic (exact) mass is 392 g/mol. The number of methoxy groups -OCH3 is 1. The molecule has 29 heavy (non-hydrogen) atoms. The molecule has 8 heteroatoms. The number of nitrogens with zero attached hydrogens (tertiary/aromatic N) is 3. The summed E-state index contributed by atoms with van der Waals surface area (Å²) >= 11 is 0. The standard InChI is InChI=1S/C21H20N4O4/c1-4-17-20(27)25(24-16-7-5-15(6-8-16)21(28)29-3)19(13(2)26)18(23-17)14-9-11-22-12-10-14/h5-12,24H,4H2,1-3H3. The molecule has 0 fully saturated rings. The van der Waals surface area contributed by atoms with E-state index >= 15 is 0 Å². The van der Waals surface area contributed by atoms with Crippen LogP contribution in [0.4, 0.5) is 5.69 Å². The molecule has 0 bridgehead atoms. The molecule has 0 amide bonds. The van der Waals surface area contributed by atoms with Crippen LogP contribution in [-0.4, -0.2) is 33.5 Å². The number of pyridine rings is 1. The average molecular weight is 392 g/mol. The molecule has 0 saturated heterocycles. The minimum atomic E-state index is -0.463. The highest BCUT2D eigenvalue weighted by Gasteiger charge is 2.21. The van der Waals surface area contributed by atoms with E-state index < -0.39 is 11.5 Å². The van der Waals surface area contributed by atoms with Crippen LogP contribution >= 0.6 is 0 Å². The van der Waals surface area contributed by atoms with Gasteiger partial charge in [0.15, 0.2) is 5.78 Å². The van der Waals surface area contributed by atoms with Crippen molar-refractivity contribution >= 4 is 17.4 Å². The first kappa shape index (κ1) is 19.9. The van der Waals surface area contributed by atoms with Crippen molar-refractivity contribution in [3.63, 3.8) is 0 Å². The molecule has 0 atom stereocenters. The number of anilines is 1. The lowest BCUT2D eigenvalue weighted by atomic mass is 10.1. The Bertz CT molecular complexity index is 1110. The first-order valence-electron chi connectivity index (χ1n) is 8.99. The Hall–Kier alpha value is -3.81. The number of Topliss-reactive ketones (excluding diaryl/α,β-unsaturated/α-hetero) is 1. The third-order valence-electron chi connectivity index (χ3n) is 4.31. The number of hydrogen-bond acceptors (Lipinski definition) is 7. The number of hydrogen-bond donors (Lipinski definition) is 1. The van der Waals surface area contributed by atoms with E-state index in [0.29, 0.717) is 34.6 Å². The quantitative estimate of drug-likeness (QED) is 0.508. The molecule has 0 aliphatic rings. The normalized spacial score (nSPS) is 10.4.